The Morgan fingerprint density at radius 1 is 1.40 bits per heavy atom. The molecule has 1 aliphatic carbocycles. The normalized spacial score (nSPS) is 15.1. The van der Waals surface area contributed by atoms with E-state index in [0.29, 0.717) is 30.0 Å². The Bertz CT molecular complexity index is 459. The molecule has 110 valence electrons. The summed E-state index contributed by atoms with van der Waals surface area (Å²) in [7, 11) is 0. The van der Waals surface area contributed by atoms with Gasteiger partial charge >= 0.3 is 6.03 Å². The van der Waals surface area contributed by atoms with E-state index in [4.69, 9.17) is 16.3 Å². The van der Waals surface area contributed by atoms with E-state index in [1.807, 2.05) is 25.1 Å². The van der Waals surface area contributed by atoms with Gasteiger partial charge in [-0.1, -0.05) is 30.5 Å². The monoisotopic (exact) mass is 296 g/mol. The number of amides is 2. The van der Waals surface area contributed by atoms with Crippen molar-refractivity contribution in [1.29, 1.82) is 0 Å². The molecule has 1 aromatic carbocycles. The second-order valence-corrected chi connectivity index (χ2v) is 5.41. The summed E-state index contributed by atoms with van der Waals surface area (Å²) in [5.74, 6) is 0.674. The zero-order valence-corrected chi connectivity index (χ0v) is 12.5. The van der Waals surface area contributed by atoms with E-state index in [-0.39, 0.29) is 6.03 Å². The van der Waals surface area contributed by atoms with Gasteiger partial charge < -0.3 is 15.4 Å². The van der Waals surface area contributed by atoms with Gasteiger partial charge in [0.2, 0.25) is 0 Å². The van der Waals surface area contributed by atoms with Crippen LogP contribution >= 0.6 is 11.6 Å². The zero-order valence-electron chi connectivity index (χ0n) is 11.7. The van der Waals surface area contributed by atoms with Gasteiger partial charge in [0.05, 0.1) is 11.6 Å². The summed E-state index contributed by atoms with van der Waals surface area (Å²) in [4.78, 5) is 11.7. The molecule has 0 saturated heterocycles. The van der Waals surface area contributed by atoms with E-state index >= 15 is 0 Å². The molecule has 0 unspecified atom stereocenters. The fourth-order valence-electron chi connectivity index (χ4n) is 2.42. The van der Waals surface area contributed by atoms with Gasteiger partial charge in [-0.25, -0.2) is 4.79 Å². The van der Waals surface area contributed by atoms with Gasteiger partial charge in [-0.15, -0.1) is 0 Å². The Morgan fingerprint density at radius 2 is 2.15 bits per heavy atom. The summed E-state index contributed by atoms with van der Waals surface area (Å²) in [5.41, 5.74) is 0.958. The zero-order chi connectivity index (χ0) is 14.4. The first kappa shape index (κ1) is 15.0. The molecule has 20 heavy (non-hydrogen) atoms. The Hall–Kier alpha value is -1.42. The number of benzene rings is 1. The lowest BCUT2D eigenvalue weighted by molar-refractivity contribution is 0.236. The van der Waals surface area contributed by atoms with Crippen LogP contribution in [0, 0.1) is 0 Å². The second-order valence-electron chi connectivity index (χ2n) is 5.01. The molecule has 0 spiro atoms. The maximum absolute atomic E-state index is 11.7. The molecular formula is C15H21ClN2O2. The Kier molecular flexibility index (Phi) is 5.53. The first-order valence-corrected chi connectivity index (χ1v) is 7.52. The minimum atomic E-state index is -0.109. The van der Waals surface area contributed by atoms with Gasteiger partial charge in [-0.3, -0.25) is 0 Å². The number of hydrogen-bond acceptors (Lipinski definition) is 2. The van der Waals surface area contributed by atoms with Crippen molar-refractivity contribution in [2.75, 3.05) is 6.61 Å². The van der Waals surface area contributed by atoms with Crippen molar-refractivity contribution in [2.24, 2.45) is 0 Å². The maximum atomic E-state index is 11.7. The third-order valence-electron chi connectivity index (χ3n) is 3.44. The van der Waals surface area contributed by atoms with Gasteiger partial charge in [0.1, 0.15) is 5.75 Å². The molecule has 0 heterocycles. The highest BCUT2D eigenvalue weighted by Crippen LogP contribution is 2.25. The molecule has 2 N–H and O–H groups in total. The maximum Gasteiger partial charge on any atom is 0.315 e. The van der Waals surface area contributed by atoms with E-state index in [2.05, 4.69) is 10.6 Å². The van der Waals surface area contributed by atoms with Crippen LogP contribution in [0.15, 0.2) is 18.2 Å². The summed E-state index contributed by atoms with van der Waals surface area (Å²) in [6.07, 6.45) is 4.59. The van der Waals surface area contributed by atoms with Gasteiger partial charge in [0, 0.05) is 12.6 Å². The lowest BCUT2D eigenvalue weighted by atomic mass is 10.2. The molecular weight excluding hydrogens is 276 g/mol. The standard InChI is InChI=1S/C15H21ClN2O2/c1-2-20-14-8-7-11(9-13(14)16)10-17-15(19)18-12-5-3-4-6-12/h7-9,12H,2-6,10H2,1H3,(H2,17,18,19). The van der Waals surface area contributed by atoms with Crippen molar-refractivity contribution in [3.05, 3.63) is 28.8 Å². The van der Waals surface area contributed by atoms with Gasteiger partial charge in [-0.2, -0.15) is 0 Å². The predicted octanol–water partition coefficient (Wildman–Crippen LogP) is 3.48. The molecule has 0 radical (unpaired) electrons. The highest BCUT2D eigenvalue weighted by atomic mass is 35.5. The highest BCUT2D eigenvalue weighted by molar-refractivity contribution is 6.32. The smallest absolute Gasteiger partial charge is 0.315 e. The largest absolute Gasteiger partial charge is 0.492 e. The molecule has 0 bridgehead atoms. The third-order valence-corrected chi connectivity index (χ3v) is 3.73. The second kappa shape index (κ2) is 7.39. The number of rotatable bonds is 5. The number of urea groups is 1. The number of nitrogens with one attached hydrogen (secondary N) is 2. The molecule has 0 atom stereocenters. The molecule has 0 aromatic heterocycles. The van der Waals surface area contributed by atoms with Crippen molar-refractivity contribution < 1.29 is 9.53 Å². The van der Waals surface area contributed by atoms with Crippen molar-refractivity contribution in [3.63, 3.8) is 0 Å². The first-order chi connectivity index (χ1) is 9.69. The predicted molar refractivity (Wildman–Crippen MR) is 80.2 cm³/mol. The van der Waals surface area contributed by atoms with Gasteiger partial charge in [-0.05, 0) is 37.5 Å². The molecule has 1 fully saturated rings. The van der Waals surface area contributed by atoms with Crippen LogP contribution in [0.1, 0.15) is 38.2 Å². The summed E-state index contributed by atoms with van der Waals surface area (Å²) in [6, 6.07) is 5.79. The summed E-state index contributed by atoms with van der Waals surface area (Å²) in [6.45, 7) is 2.96. The number of carbonyl (C=O) groups excluding carboxylic acids is 1. The van der Waals surface area contributed by atoms with Crippen LogP contribution in [0.25, 0.3) is 0 Å². The molecule has 2 rings (SSSR count). The fraction of sp³-hybridized carbons (Fsp3) is 0.533. The van der Waals surface area contributed by atoms with Crippen LogP contribution in [0.3, 0.4) is 0 Å². The van der Waals surface area contributed by atoms with E-state index in [1.165, 1.54) is 12.8 Å². The Morgan fingerprint density at radius 3 is 2.80 bits per heavy atom. The third kappa shape index (κ3) is 4.30. The summed E-state index contributed by atoms with van der Waals surface area (Å²) < 4.78 is 5.37. The minimum Gasteiger partial charge on any atom is -0.492 e. The van der Waals surface area contributed by atoms with E-state index in [0.717, 1.165) is 18.4 Å². The molecule has 0 aliphatic heterocycles. The Balaban J connectivity index is 1.80. The quantitative estimate of drug-likeness (QED) is 0.874. The molecule has 5 heteroatoms. The lowest BCUT2D eigenvalue weighted by Crippen LogP contribution is -2.40. The SMILES string of the molecule is CCOc1ccc(CNC(=O)NC2CCCC2)cc1Cl. The number of hydrogen-bond donors (Lipinski definition) is 2. The van der Waals surface area contributed by atoms with Crippen molar-refractivity contribution in [1.82, 2.24) is 10.6 Å². The van der Waals surface area contributed by atoms with Crippen molar-refractivity contribution >= 4 is 17.6 Å². The van der Waals surface area contributed by atoms with E-state index in [1.54, 1.807) is 0 Å². The first-order valence-electron chi connectivity index (χ1n) is 7.14. The Labute approximate surface area is 124 Å². The van der Waals surface area contributed by atoms with E-state index in [9.17, 15) is 4.79 Å². The van der Waals surface area contributed by atoms with Crippen LogP contribution in [-0.2, 0) is 6.54 Å². The van der Waals surface area contributed by atoms with Crippen LogP contribution < -0.4 is 15.4 Å². The fourth-order valence-corrected chi connectivity index (χ4v) is 2.67. The van der Waals surface area contributed by atoms with Crippen molar-refractivity contribution in [3.8, 4) is 5.75 Å². The van der Waals surface area contributed by atoms with Crippen LogP contribution in [0.2, 0.25) is 5.02 Å². The number of ether oxygens (including phenoxy) is 1. The molecule has 1 saturated carbocycles. The highest BCUT2D eigenvalue weighted by Gasteiger charge is 2.16. The minimum absolute atomic E-state index is 0.109. The van der Waals surface area contributed by atoms with Crippen LogP contribution in [-0.4, -0.2) is 18.7 Å². The average Bonchev–Trinajstić information content (AvgIpc) is 2.92. The van der Waals surface area contributed by atoms with Crippen LogP contribution in [0.5, 0.6) is 5.75 Å². The molecule has 1 aliphatic rings. The van der Waals surface area contributed by atoms with Crippen molar-refractivity contribution in [2.45, 2.75) is 45.2 Å². The molecule has 2 amide bonds. The molecule has 1 aromatic rings. The summed E-state index contributed by atoms with van der Waals surface area (Å²) >= 11 is 6.11. The average molecular weight is 297 g/mol. The number of carbonyl (C=O) groups is 1. The van der Waals surface area contributed by atoms with Crippen LogP contribution in [0.4, 0.5) is 4.79 Å². The van der Waals surface area contributed by atoms with Gasteiger partial charge in [0.25, 0.3) is 0 Å². The van der Waals surface area contributed by atoms with E-state index < -0.39 is 0 Å². The topological polar surface area (TPSA) is 50.4 Å². The van der Waals surface area contributed by atoms with Gasteiger partial charge in [0.15, 0.2) is 0 Å². The summed E-state index contributed by atoms with van der Waals surface area (Å²) in [5, 5.41) is 6.41. The molecule has 4 nitrogen and oxygen atoms in total. The lowest BCUT2D eigenvalue weighted by Gasteiger charge is -2.13. The number of halogens is 1.